The lowest BCUT2D eigenvalue weighted by Crippen LogP contribution is -2.51. The molecule has 5 fully saturated rings. The van der Waals surface area contributed by atoms with E-state index in [1.807, 2.05) is 0 Å². The molecule has 5 aliphatic rings. The molecule has 18 heavy (non-hydrogen) atoms. The van der Waals surface area contributed by atoms with Crippen molar-refractivity contribution < 1.29 is 0 Å². The summed E-state index contributed by atoms with van der Waals surface area (Å²) in [6.07, 6.45) is 16.8. The molecule has 1 heteroatoms. The molecule has 0 aromatic heterocycles. The van der Waals surface area contributed by atoms with Gasteiger partial charge in [0.1, 0.15) is 0 Å². The van der Waals surface area contributed by atoms with Crippen LogP contribution in [0, 0.1) is 23.2 Å². The number of nitrogens with one attached hydrogen (secondary N) is 1. The van der Waals surface area contributed by atoms with Gasteiger partial charge in [-0.3, -0.25) is 0 Å². The van der Waals surface area contributed by atoms with E-state index in [2.05, 4.69) is 5.32 Å². The van der Waals surface area contributed by atoms with Crippen molar-refractivity contribution in [1.82, 2.24) is 5.32 Å². The Hall–Kier alpha value is -0.0400. The molecule has 0 radical (unpaired) electrons. The molecular weight excluding hydrogens is 218 g/mol. The van der Waals surface area contributed by atoms with Crippen LogP contribution in [-0.4, -0.2) is 12.6 Å². The van der Waals surface area contributed by atoms with Gasteiger partial charge in [0.25, 0.3) is 0 Å². The summed E-state index contributed by atoms with van der Waals surface area (Å²) in [7, 11) is 0. The molecule has 5 aliphatic carbocycles. The summed E-state index contributed by atoms with van der Waals surface area (Å²) in [5.41, 5.74) is 0.742. The zero-order valence-corrected chi connectivity index (χ0v) is 11.8. The van der Waals surface area contributed by atoms with Crippen molar-refractivity contribution >= 4 is 0 Å². The van der Waals surface area contributed by atoms with Gasteiger partial charge in [0.2, 0.25) is 0 Å². The third-order valence-electron chi connectivity index (χ3n) is 6.54. The van der Waals surface area contributed by atoms with Gasteiger partial charge in [-0.2, -0.15) is 0 Å². The first kappa shape index (κ1) is 11.8. The summed E-state index contributed by atoms with van der Waals surface area (Å²) in [5, 5.41) is 3.98. The van der Waals surface area contributed by atoms with Crippen molar-refractivity contribution in [2.75, 3.05) is 6.54 Å². The minimum Gasteiger partial charge on any atom is -0.313 e. The summed E-state index contributed by atoms with van der Waals surface area (Å²) in [6, 6.07) is 0.867. The van der Waals surface area contributed by atoms with E-state index >= 15 is 0 Å². The van der Waals surface area contributed by atoms with Crippen LogP contribution in [0.2, 0.25) is 0 Å². The van der Waals surface area contributed by atoms with Gasteiger partial charge >= 0.3 is 0 Å². The summed E-state index contributed by atoms with van der Waals surface area (Å²) < 4.78 is 0. The molecule has 1 N–H and O–H groups in total. The maximum absolute atomic E-state index is 3.98. The van der Waals surface area contributed by atoms with Crippen LogP contribution in [-0.2, 0) is 0 Å². The van der Waals surface area contributed by atoms with E-state index in [1.165, 1.54) is 38.6 Å². The Morgan fingerprint density at radius 3 is 1.89 bits per heavy atom. The van der Waals surface area contributed by atoms with Gasteiger partial charge in [0.15, 0.2) is 0 Å². The molecule has 0 atom stereocenters. The third kappa shape index (κ3) is 2.13. The highest BCUT2D eigenvalue weighted by Crippen LogP contribution is 2.59. The molecule has 0 spiro atoms. The summed E-state index contributed by atoms with van der Waals surface area (Å²) >= 11 is 0. The van der Waals surface area contributed by atoms with E-state index < -0.39 is 0 Å². The zero-order chi connectivity index (χ0) is 12.0. The molecule has 5 saturated carbocycles. The van der Waals surface area contributed by atoms with E-state index in [0.29, 0.717) is 0 Å². The van der Waals surface area contributed by atoms with Crippen LogP contribution < -0.4 is 5.32 Å². The molecule has 0 aromatic rings. The average Bonchev–Trinajstić information content (AvgIpc) is 2.36. The van der Waals surface area contributed by atoms with Crippen LogP contribution >= 0.6 is 0 Å². The van der Waals surface area contributed by atoms with Crippen molar-refractivity contribution in [3.05, 3.63) is 0 Å². The Labute approximate surface area is 112 Å². The fourth-order valence-electron chi connectivity index (χ4n) is 6.17. The molecule has 1 nitrogen and oxygen atoms in total. The highest BCUT2D eigenvalue weighted by atomic mass is 14.9. The first-order valence-electron chi connectivity index (χ1n) is 8.55. The topological polar surface area (TPSA) is 12.0 Å². The minimum atomic E-state index is 0.742. The largest absolute Gasteiger partial charge is 0.313 e. The normalized spacial score (nSPS) is 47.7. The Bertz CT molecular complexity index is 267. The van der Waals surface area contributed by atoms with Crippen LogP contribution in [0.3, 0.4) is 0 Å². The highest BCUT2D eigenvalue weighted by Gasteiger charge is 2.50. The number of hydrogen-bond donors (Lipinski definition) is 1. The van der Waals surface area contributed by atoms with Gasteiger partial charge in [-0.15, -0.1) is 0 Å². The SMILES string of the molecule is C1CCC(NCC23CC4CC(CC(C4)C2)C3)CC1. The Balaban J connectivity index is 1.38. The number of rotatable bonds is 3. The molecule has 0 aromatic carbocycles. The van der Waals surface area contributed by atoms with E-state index in [4.69, 9.17) is 0 Å². The molecule has 0 heterocycles. The average molecular weight is 247 g/mol. The highest BCUT2D eigenvalue weighted by molar-refractivity contribution is 5.02. The van der Waals surface area contributed by atoms with E-state index in [0.717, 1.165) is 29.2 Å². The molecule has 0 aliphatic heterocycles. The van der Waals surface area contributed by atoms with Crippen LogP contribution in [0.5, 0.6) is 0 Å². The van der Waals surface area contributed by atoms with Gasteiger partial charge in [-0.05, 0) is 74.5 Å². The maximum Gasteiger partial charge on any atom is 0.00672 e. The Morgan fingerprint density at radius 2 is 1.33 bits per heavy atom. The van der Waals surface area contributed by atoms with E-state index in [-0.39, 0.29) is 0 Å². The zero-order valence-electron chi connectivity index (χ0n) is 11.8. The van der Waals surface area contributed by atoms with Crippen molar-refractivity contribution in [2.24, 2.45) is 23.2 Å². The fourth-order valence-corrected chi connectivity index (χ4v) is 6.17. The summed E-state index contributed by atoms with van der Waals surface area (Å²) in [4.78, 5) is 0. The number of hydrogen-bond acceptors (Lipinski definition) is 1. The molecule has 102 valence electrons. The van der Waals surface area contributed by atoms with Gasteiger partial charge in [-0.25, -0.2) is 0 Å². The Kier molecular flexibility index (Phi) is 2.94. The van der Waals surface area contributed by atoms with Gasteiger partial charge in [-0.1, -0.05) is 19.3 Å². The third-order valence-corrected chi connectivity index (χ3v) is 6.54. The second kappa shape index (κ2) is 4.51. The second-order valence-electron chi connectivity index (χ2n) is 8.13. The first-order chi connectivity index (χ1) is 8.81. The monoisotopic (exact) mass is 247 g/mol. The van der Waals surface area contributed by atoms with Gasteiger partial charge in [0.05, 0.1) is 0 Å². The first-order valence-corrected chi connectivity index (χ1v) is 8.55. The smallest absolute Gasteiger partial charge is 0.00672 e. The molecule has 0 unspecified atom stereocenters. The molecule has 0 saturated heterocycles. The fraction of sp³-hybridized carbons (Fsp3) is 1.00. The predicted molar refractivity (Wildman–Crippen MR) is 75.5 cm³/mol. The van der Waals surface area contributed by atoms with Crippen molar-refractivity contribution in [3.63, 3.8) is 0 Å². The summed E-state index contributed by atoms with van der Waals surface area (Å²) in [6.45, 7) is 1.36. The molecule has 5 rings (SSSR count). The van der Waals surface area contributed by atoms with Crippen LogP contribution in [0.15, 0.2) is 0 Å². The maximum atomic E-state index is 3.98. The van der Waals surface area contributed by atoms with Crippen molar-refractivity contribution in [3.8, 4) is 0 Å². The Morgan fingerprint density at radius 1 is 0.778 bits per heavy atom. The van der Waals surface area contributed by atoms with E-state index in [1.54, 1.807) is 38.5 Å². The lowest BCUT2D eigenvalue weighted by Gasteiger charge is -2.57. The van der Waals surface area contributed by atoms with Crippen molar-refractivity contribution in [1.29, 1.82) is 0 Å². The van der Waals surface area contributed by atoms with Gasteiger partial charge in [0, 0.05) is 12.6 Å². The molecule has 0 amide bonds. The van der Waals surface area contributed by atoms with E-state index in [9.17, 15) is 0 Å². The van der Waals surface area contributed by atoms with Crippen LogP contribution in [0.1, 0.15) is 70.6 Å². The lowest BCUT2D eigenvalue weighted by molar-refractivity contribution is -0.0528. The summed E-state index contributed by atoms with van der Waals surface area (Å²) in [5.74, 6) is 3.35. The lowest BCUT2D eigenvalue weighted by atomic mass is 9.49. The predicted octanol–water partition coefficient (Wildman–Crippen LogP) is 4.13. The van der Waals surface area contributed by atoms with Crippen molar-refractivity contribution in [2.45, 2.75) is 76.7 Å². The minimum absolute atomic E-state index is 0.742. The van der Waals surface area contributed by atoms with Crippen LogP contribution in [0.25, 0.3) is 0 Å². The molecule has 4 bridgehead atoms. The van der Waals surface area contributed by atoms with Crippen LogP contribution in [0.4, 0.5) is 0 Å². The quantitative estimate of drug-likeness (QED) is 0.791. The standard InChI is InChI=1S/C17H29N/c1-2-4-16(5-3-1)18-12-17-9-13-6-14(10-17)8-15(7-13)11-17/h13-16,18H,1-12H2. The molecular formula is C17H29N. The second-order valence-corrected chi connectivity index (χ2v) is 8.13. The van der Waals surface area contributed by atoms with Gasteiger partial charge < -0.3 is 5.32 Å².